The summed E-state index contributed by atoms with van der Waals surface area (Å²) >= 11 is 0. The summed E-state index contributed by atoms with van der Waals surface area (Å²) in [4.78, 5) is 11.9. The highest BCUT2D eigenvalue weighted by Gasteiger charge is 2.52. The Balaban J connectivity index is 3.68. The molecule has 0 rings (SSSR count). The number of allylic oxidation sites excluding steroid dienone is 2. The van der Waals surface area contributed by atoms with Crippen LogP contribution in [-0.2, 0) is 4.57 Å². The lowest BCUT2D eigenvalue weighted by Crippen LogP contribution is -2.55. The average Bonchev–Trinajstić information content (AvgIpc) is 2.57. The standard InChI is InChI=1S/C22H45NO2P/c1-6-8-9-10-11-12-13-14-15-16-17-18-19-20-21-22(7-2,26(24)25)23(3,4)5/h6,8H,7,9-21H2,1-5H3/q+1/b8-6-. The topological polar surface area (TPSA) is 40.1 Å². The Hall–Kier alpha value is -0.240. The molecule has 3 nitrogen and oxygen atoms in total. The van der Waals surface area contributed by atoms with E-state index in [4.69, 9.17) is 0 Å². The van der Waals surface area contributed by atoms with Gasteiger partial charge in [0, 0.05) is 12.8 Å². The number of unbranched alkanes of at least 4 members (excludes halogenated alkanes) is 11. The van der Waals surface area contributed by atoms with Crippen LogP contribution in [0.2, 0.25) is 0 Å². The summed E-state index contributed by atoms with van der Waals surface area (Å²) in [7, 11) is 3.62. The van der Waals surface area contributed by atoms with Gasteiger partial charge in [0.2, 0.25) is 0 Å². The zero-order valence-electron chi connectivity index (χ0n) is 18.3. The summed E-state index contributed by atoms with van der Waals surface area (Å²) in [5.41, 5.74) is 0. The van der Waals surface area contributed by atoms with Crippen LogP contribution in [-0.4, -0.2) is 30.9 Å². The van der Waals surface area contributed by atoms with Crippen LogP contribution >= 0.6 is 8.03 Å². The van der Waals surface area contributed by atoms with Crippen molar-refractivity contribution in [1.29, 1.82) is 0 Å². The molecule has 0 aromatic carbocycles. The summed E-state index contributed by atoms with van der Waals surface area (Å²) in [6.07, 6.45) is 21.4. The van der Waals surface area contributed by atoms with Crippen molar-refractivity contribution in [2.75, 3.05) is 21.1 Å². The number of hydrogen-bond acceptors (Lipinski definition) is 2. The van der Waals surface area contributed by atoms with Gasteiger partial charge in [-0.2, -0.15) is 0 Å². The Labute approximate surface area is 164 Å². The maximum Gasteiger partial charge on any atom is 0.376 e. The first-order valence-corrected chi connectivity index (χ1v) is 12.1. The molecule has 0 bridgehead atoms. The Morgan fingerprint density at radius 1 is 0.846 bits per heavy atom. The summed E-state index contributed by atoms with van der Waals surface area (Å²) in [6.45, 7) is 4.10. The van der Waals surface area contributed by atoms with Gasteiger partial charge in [-0.1, -0.05) is 81.4 Å². The lowest BCUT2D eigenvalue weighted by atomic mass is 10.0. The number of rotatable bonds is 17. The fourth-order valence-corrected chi connectivity index (χ4v) is 4.97. The molecule has 0 aromatic heterocycles. The minimum Gasteiger partial charge on any atom is -0.590 e. The molecular weight excluding hydrogens is 341 g/mol. The van der Waals surface area contributed by atoms with Gasteiger partial charge < -0.3 is 4.89 Å². The first-order chi connectivity index (χ1) is 12.3. The predicted octanol–water partition coefficient (Wildman–Crippen LogP) is 6.55. The van der Waals surface area contributed by atoms with Gasteiger partial charge >= 0.3 is 8.03 Å². The van der Waals surface area contributed by atoms with Crippen LogP contribution in [0.15, 0.2) is 12.2 Å². The van der Waals surface area contributed by atoms with Crippen molar-refractivity contribution in [1.82, 2.24) is 0 Å². The zero-order chi connectivity index (χ0) is 19.9. The number of nitrogens with zero attached hydrogens (tertiary/aromatic N) is 1. The van der Waals surface area contributed by atoms with E-state index in [-0.39, 0.29) is 0 Å². The van der Waals surface area contributed by atoms with Gasteiger partial charge in [-0.15, -0.1) is 0 Å². The average molecular weight is 387 g/mol. The Morgan fingerprint density at radius 2 is 1.27 bits per heavy atom. The van der Waals surface area contributed by atoms with E-state index in [2.05, 4.69) is 19.1 Å². The third-order valence-corrected chi connectivity index (χ3v) is 7.66. The Kier molecular flexibility index (Phi) is 14.6. The molecule has 0 aromatic rings. The van der Waals surface area contributed by atoms with Gasteiger partial charge in [0.25, 0.3) is 5.28 Å². The molecule has 0 fully saturated rings. The van der Waals surface area contributed by atoms with Crippen LogP contribution in [0.25, 0.3) is 0 Å². The molecule has 0 saturated heterocycles. The molecule has 0 heterocycles. The van der Waals surface area contributed by atoms with Gasteiger partial charge in [-0.3, -0.25) is 4.48 Å². The molecule has 2 atom stereocenters. The molecule has 2 unspecified atom stereocenters. The van der Waals surface area contributed by atoms with E-state index in [0.29, 0.717) is 10.9 Å². The van der Waals surface area contributed by atoms with Crippen molar-refractivity contribution in [2.45, 2.75) is 109 Å². The SMILES string of the molecule is C/C=C\CCCCCCCCCCCCCC(CC)([P+](=O)[O-])[N+](C)(C)C. The summed E-state index contributed by atoms with van der Waals surface area (Å²) < 4.78 is 12.4. The normalized spacial score (nSPS) is 15.4. The summed E-state index contributed by atoms with van der Waals surface area (Å²) in [5.74, 6) is 0. The van der Waals surface area contributed by atoms with Gasteiger partial charge in [-0.25, -0.2) is 0 Å². The lowest BCUT2D eigenvalue weighted by molar-refractivity contribution is -0.910. The molecule has 0 radical (unpaired) electrons. The van der Waals surface area contributed by atoms with Crippen molar-refractivity contribution in [3.63, 3.8) is 0 Å². The predicted molar refractivity (Wildman–Crippen MR) is 113 cm³/mol. The highest BCUT2D eigenvalue weighted by atomic mass is 31.1. The van der Waals surface area contributed by atoms with Crippen molar-refractivity contribution in [3.8, 4) is 0 Å². The molecular formula is C22H45NO2P+. The second-order valence-corrected chi connectivity index (χ2v) is 9.95. The summed E-state index contributed by atoms with van der Waals surface area (Å²) in [6, 6.07) is 0. The van der Waals surface area contributed by atoms with E-state index in [1.54, 1.807) is 0 Å². The fourth-order valence-electron chi connectivity index (χ4n) is 3.88. The Bertz CT molecular complexity index is 390. The molecule has 0 aliphatic heterocycles. The number of hydrogen-bond donors (Lipinski definition) is 0. The van der Waals surface area contributed by atoms with Gasteiger partial charge in [-0.05, 0) is 26.2 Å². The van der Waals surface area contributed by atoms with Crippen LogP contribution in [0.5, 0.6) is 0 Å². The van der Waals surface area contributed by atoms with Crippen LogP contribution in [0, 0.1) is 0 Å². The van der Waals surface area contributed by atoms with Crippen molar-refractivity contribution in [2.24, 2.45) is 0 Å². The first-order valence-electron chi connectivity index (χ1n) is 10.9. The van der Waals surface area contributed by atoms with Crippen LogP contribution in [0.1, 0.15) is 104 Å². The van der Waals surface area contributed by atoms with E-state index in [1.165, 1.54) is 64.2 Å². The Morgan fingerprint density at radius 3 is 1.62 bits per heavy atom. The third kappa shape index (κ3) is 10.2. The second-order valence-electron chi connectivity index (χ2n) is 8.60. The van der Waals surface area contributed by atoms with Crippen molar-refractivity contribution >= 4 is 8.03 Å². The minimum absolute atomic E-state index is 0.511. The molecule has 0 aliphatic rings. The molecule has 26 heavy (non-hydrogen) atoms. The highest BCUT2D eigenvalue weighted by molar-refractivity contribution is 7.38. The maximum atomic E-state index is 11.9. The fraction of sp³-hybridized carbons (Fsp3) is 0.909. The van der Waals surface area contributed by atoms with E-state index >= 15 is 0 Å². The molecule has 0 N–H and O–H groups in total. The zero-order valence-corrected chi connectivity index (χ0v) is 19.2. The molecule has 0 amide bonds. The molecule has 0 saturated carbocycles. The van der Waals surface area contributed by atoms with E-state index < -0.39 is 13.3 Å². The van der Waals surface area contributed by atoms with Gasteiger partial charge in [0.1, 0.15) is 0 Å². The van der Waals surface area contributed by atoms with Gasteiger partial charge in [0.05, 0.1) is 21.1 Å². The van der Waals surface area contributed by atoms with Crippen molar-refractivity contribution < 1.29 is 13.9 Å². The quantitative estimate of drug-likeness (QED) is 0.123. The van der Waals surface area contributed by atoms with Gasteiger partial charge in [0.15, 0.2) is 0 Å². The largest absolute Gasteiger partial charge is 0.590 e. The molecule has 154 valence electrons. The van der Waals surface area contributed by atoms with Crippen LogP contribution in [0.4, 0.5) is 0 Å². The van der Waals surface area contributed by atoms with E-state index in [1.807, 2.05) is 28.1 Å². The minimum atomic E-state index is -2.41. The lowest BCUT2D eigenvalue weighted by Gasteiger charge is -2.39. The highest BCUT2D eigenvalue weighted by Crippen LogP contribution is 2.44. The molecule has 0 aliphatic carbocycles. The first kappa shape index (κ1) is 25.8. The van der Waals surface area contributed by atoms with Crippen molar-refractivity contribution in [3.05, 3.63) is 12.2 Å². The van der Waals surface area contributed by atoms with Crippen LogP contribution < -0.4 is 4.89 Å². The van der Waals surface area contributed by atoms with E-state index in [0.717, 1.165) is 19.3 Å². The molecule has 0 spiro atoms. The van der Waals surface area contributed by atoms with E-state index in [9.17, 15) is 9.46 Å². The smallest absolute Gasteiger partial charge is 0.376 e. The summed E-state index contributed by atoms with van der Waals surface area (Å²) in [5, 5.41) is -0.595. The maximum absolute atomic E-state index is 11.9. The number of quaternary nitrogens is 1. The monoisotopic (exact) mass is 386 g/mol. The molecule has 4 heteroatoms. The van der Waals surface area contributed by atoms with Crippen LogP contribution in [0.3, 0.4) is 0 Å². The third-order valence-electron chi connectivity index (χ3n) is 5.84. The second kappa shape index (κ2) is 14.8.